The van der Waals surface area contributed by atoms with E-state index in [0.29, 0.717) is 5.92 Å². The second-order valence-electron chi connectivity index (χ2n) is 6.39. The highest BCUT2D eigenvalue weighted by molar-refractivity contribution is 5.42. The first-order valence-corrected chi connectivity index (χ1v) is 9.18. The zero-order valence-electron chi connectivity index (χ0n) is 16.2. The number of benzene rings is 2. The summed E-state index contributed by atoms with van der Waals surface area (Å²) in [5, 5.41) is 0. The summed E-state index contributed by atoms with van der Waals surface area (Å²) in [6.07, 6.45) is 0. The van der Waals surface area contributed by atoms with E-state index in [0.717, 1.165) is 37.7 Å². The summed E-state index contributed by atoms with van der Waals surface area (Å²) < 4.78 is 11.3. The van der Waals surface area contributed by atoms with Gasteiger partial charge >= 0.3 is 0 Å². The third-order valence-corrected chi connectivity index (χ3v) is 4.90. The van der Waals surface area contributed by atoms with Gasteiger partial charge in [0.05, 0.1) is 7.11 Å². The molecule has 0 radical (unpaired) electrons. The molecule has 0 aromatic heterocycles. The Kier molecular flexibility index (Phi) is 7.32. The van der Waals surface area contributed by atoms with Crippen LogP contribution in [-0.2, 0) is 0 Å². The van der Waals surface area contributed by atoms with Crippen LogP contribution in [-0.4, -0.2) is 38.3 Å². The molecule has 3 nitrogen and oxygen atoms in total. The predicted octanol–water partition coefficient (Wildman–Crippen LogP) is 4.88. The van der Waals surface area contributed by atoms with E-state index in [1.165, 1.54) is 16.7 Å². The van der Waals surface area contributed by atoms with E-state index in [1.807, 2.05) is 6.07 Å². The molecule has 0 amide bonds. The molecular formula is C22H31NO2. The standard InChI is InChI=1S/C22H31NO2/c1-6-23(7-2)14-15-25-20-12-9-19(10-13-20)18(4)22-16-21(24-5)11-8-17(22)3/h8-13,16,18H,6-7,14-15H2,1-5H3. The van der Waals surface area contributed by atoms with Gasteiger partial charge in [-0.05, 0) is 61.0 Å². The summed E-state index contributed by atoms with van der Waals surface area (Å²) in [6, 6.07) is 14.7. The molecule has 0 N–H and O–H groups in total. The van der Waals surface area contributed by atoms with Crippen LogP contribution in [0.3, 0.4) is 0 Å². The van der Waals surface area contributed by atoms with Gasteiger partial charge in [0.15, 0.2) is 0 Å². The Morgan fingerprint density at radius 3 is 2.20 bits per heavy atom. The van der Waals surface area contributed by atoms with Crippen molar-refractivity contribution < 1.29 is 9.47 Å². The maximum Gasteiger partial charge on any atom is 0.119 e. The lowest BCUT2D eigenvalue weighted by Gasteiger charge is -2.19. The summed E-state index contributed by atoms with van der Waals surface area (Å²) in [6.45, 7) is 12.6. The van der Waals surface area contributed by atoms with Crippen molar-refractivity contribution in [2.45, 2.75) is 33.6 Å². The van der Waals surface area contributed by atoms with Gasteiger partial charge in [0.2, 0.25) is 0 Å². The monoisotopic (exact) mass is 341 g/mol. The summed E-state index contributed by atoms with van der Waals surface area (Å²) in [7, 11) is 1.71. The predicted molar refractivity (Wildman–Crippen MR) is 105 cm³/mol. The average Bonchev–Trinajstić information content (AvgIpc) is 2.65. The third kappa shape index (κ3) is 5.23. The van der Waals surface area contributed by atoms with Crippen LogP contribution < -0.4 is 9.47 Å². The van der Waals surface area contributed by atoms with E-state index >= 15 is 0 Å². The van der Waals surface area contributed by atoms with E-state index in [-0.39, 0.29) is 0 Å². The number of aryl methyl sites for hydroxylation is 1. The molecule has 0 saturated heterocycles. The Morgan fingerprint density at radius 1 is 0.960 bits per heavy atom. The summed E-state index contributed by atoms with van der Waals surface area (Å²) >= 11 is 0. The average molecular weight is 341 g/mol. The first kappa shape index (κ1) is 19.3. The number of rotatable bonds is 9. The fourth-order valence-electron chi connectivity index (χ4n) is 3.08. The highest BCUT2D eigenvalue weighted by Gasteiger charge is 2.12. The Labute approximate surface area is 152 Å². The SMILES string of the molecule is CCN(CC)CCOc1ccc(C(C)c2cc(OC)ccc2C)cc1. The van der Waals surface area contributed by atoms with Gasteiger partial charge < -0.3 is 14.4 Å². The van der Waals surface area contributed by atoms with Gasteiger partial charge in [-0.15, -0.1) is 0 Å². The Bertz CT molecular complexity index is 648. The summed E-state index contributed by atoms with van der Waals surface area (Å²) in [5.74, 6) is 2.16. The van der Waals surface area contributed by atoms with Crippen molar-refractivity contribution in [3.8, 4) is 11.5 Å². The molecule has 0 aliphatic carbocycles. The van der Waals surface area contributed by atoms with Crippen LogP contribution in [0.5, 0.6) is 11.5 Å². The molecule has 25 heavy (non-hydrogen) atoms. The Balaban J connectivity index is 2.02. The molecule has 0 saturated carbocycles. The topological polar surface area (TPSA) is 21.7 Å². The maximum absolute atomic E-state index is 5.88. The first-order valence-electron chi connectivity index (χ1n) is 9.18. The van der Waals surface area contributed by atoms with Crippen molar-refractivity contribution in [3.63, 3.8) is 0 Å². The zero-order valence-corrected chi connectivity index (χ0v) is 16.2. The molecule has 1 unspecified atom stereocenters. The van der Waals surface area contributed by atoms with Crippen LogP contribution in [0.2, 0.25) is 0 Å². The molecule has 136 valence electrons. The van der Waals surface area contributed by atoms with E-state index in [4.69, 9.17) is 9.47 Å². The van der Waals surface area contributed by atoms with Crippen LogP contribution >= 0.6 is 0 Å². The van der Waals surface area contributed by atoms with Gasteiger partial charge in [-0.2, -0.15) is 0 Å². The van der Waals surface area contributed by atoms with Crippen molar-refractivity contribution in [1.29, 1.82) is 0 Å². The zero-order chi connectivity index (χ0) is 18.2. The molecule has 1 atom stereocenters. The molecule has 3 heteroatoms. The molecule has 2 aromatic rings. The molecule has 0 heterocycles. The molecule has 0 bridgehead atoms. The lowest BCUT2D eigenvalue weighted by Crippen LogP contribution is -2.27. The quantitative estimate of drug-likeness (QED) is 0.649. The minimum absolute atomic E-state index is 0.319. The minimum atomic E-state index is 0.319. The van der Waals surface area contributed by atoms with Gasteiger partial charge in [-0.25, -0.2) is 0 Å². The van der Waals surface area contributed by atoms with Gasteiger partial charge in [-0.3, -0.25) is 0 Å². The number of likely N-dealkylation sites (N-methyl/N-ethyl adjacent to an activating group) is 1. The van der Waals surface area contributed by atoms with Crippen molar-refractivity contribution in [2.24, 2.45) is 0 Å². The number of hydrogen-bond acceptors (Lipinski definition) is 3. The number of nitrogens with zero attached hydrogens (tertiary/aromatic N) is 1. The summed E-state index contributed by atoms with van der Waals surface area (Å²) in [5.41, 5.74) is 3.87. The molecule has 2 aromatic carbocycles. The smallest absolute Gasteiger partial charge is 0.119 e. The van der Waals surface area contributed by atoms with Crippen LogP contribution in [0.4, 0.5) is 0 Å². The number of ether oxygens (including phenoxy) is 2. The highest BCUT2D eigenvalue weighted by Crippen LogP contribution is 2.30. The normalized spacial score (nSPS) is 12.2. The summed E-state index contributed by atoms with van der Waals surface area (Å²) in [4.78, 5) is 2.36. The van der Waals surface area contributed by atoms with Gasteiger partial charge in [0, 0.05) is 12.5 Å². The lowest BCUT2D eigenvalue weighted by molar-refractivity contribution is 0.223. The Morgan fingerprint density at radius 2 is 1.60 bits per heavy atom. The fourth-order valence-corrected chi connectivity index (χ4v) is 3.08. The van der Waals surface area contributed by atoms with Crippen LogP contribution in [0.1, 0.15) is 43.4 Å². The molecule has 2 rings (SSSR count). The van der Waals surface area contributed by atoms with Gasteiger partial charge in [0.1, 0.15) is 18.1 Å². The molecular weight excluding hydrogens is 310 g/mol. The molecule has 0 fully saturated rings. The lowest BCUT2D eigenvalue weighted by atomic mass is 9.90. The van der Waals surface area contributed by atoms with Crippen molar-refractivity contribution in [3.05, 3.63) is 59.2 Å². The van der Waals surface area contributed by atoms with Crippen LogP contribution in [0.25, 0.3) is 0 Å². The van der Waals surface area contributed by atoms with Crippen molar-refractivity contribution in [2.75, 3.05) is 33.4 Å². The van der Waals surface area contributed by atoms with E-state index in [9.17, 15) is 0 Å². The molecule has 0 aliphatic heterocycles. The highest BCUT2D eigenvalue weighted by atomic mass is 16.5. The minimum Gasteiger partial charge on any atom is -0.497 e. The number of hydrogen-bond donors (Lipinski definition) is 0. The van der Waals surface area contributed by atoms with Crippen molar-refractivity contribution >= 4 is 0 Å². The van der Waals surface area contributed by atoms with E-state index < -0.39 is 0 Å². The van der Waals surface area contributed by atoms with Crippen LogP contribution in [0, 0.1) is 6.92 Å². The van der Waals surface area contributed by atoms with Crippen molar-refractivity contribution in [1.82, 2.24) is 4.90 Å². The van der Waals surface area contributed by atoms with Crippen LogP contribution in [0.15, 0.2) is 42.5 Å². The molecule has 0 spiro atoms. The number of methoxy groups -OCH3 is 1. The third-order valence-electron chi connectivity index (χ3n) is 4.90. The first-order chi connectivity index (χ1) is 12.1. The van der Waals surface area contributed by atoms with Gasteiger partial charge in [0.25, 0.3) is 0 Å². The maximum atomic E-state index is 5.88. The van der Waals surface area contributed by atoms with E-state index in [1.54, 1.807) is 7.11 Å². The second kappa shape index (κ2) is 9.47. The van der Waals surface area contributed by atoms with Gasteiger partial charge in [-0.1, -0.05) is 39.0 Å². The van der Waals surface area contributed by atoms with E-state index in [2.05, 4.69) is 69.0 Å². The Hall–Kier alpha value is -2.00. The molecule has 0 aliphatic rings. The second-order valence-corrected chi connectivity index (χ2v) is 6.39. The largest absolute Gasteiger partial charge is 0.497 e. The fraction of sp³-hybridized carbons (Fsp3) is 0.455.